The molecule has 0 aromatic carbocycles. The molecule has 2 atom stereocenters. The molecule has 6 heteroatoms. The first-order valence-electron chi connectivity index (χ1n) is 7.50. The minimum atomic E-state index is -3.19. The second kappa shape index (κ2) is 5.31. The predicted molar refractivity (Wildman–Crippen MR) is 73.4 cm³/mol. The fourth-order valence-corrected chi connectivity index (χ4v) is 5.84. The molecular weight excluding hydrogens is 264 g/mol. The van der Waals surface area contributed by atoms with Gasteiger partial charge in [-0.05, 0) is 38.8 Å². The number of sulfonamides is 1. The second-order valence-electron chi connectivity index (χ2n) is 6.15. The van der Waals surface area contributed by atoms with Crippen molar-refractivity contribution < 1.29 is 13.5 Å². The molecule has 0 spiro atoms. The van der Waals surface area contributed by atoms with Crippen molar-refractivity contribution in [3.8, 4) is 0 Å². The Balaban J connectivity index is 1.69. The molecule has 0 aromatic heterocycles. The highest BCUT2D eigenvalue weighted by Crippen LogP contribution is 2.30. The first kappa shape index (κ1) is 13.8. The highest BCUT2D eigenvalue weighted by atomic mass is 32.2. The number of likely N-dealkylation sites (tertiary alicyclic amines) is 1. The molecule has 5 nitrogen and oxygen atoms in total. The summed E-state index contributed by atoms with van der Waals surface area (Å²) < 4.78 is 26.6. The summed E-state index contributed by atoms with van der Waals surface area (Å²) in [5.74, 6) is 0. The van der Waals surface area contributed by atoms with Gasteiger partial charge in [0.05, 0.1) is 17.4 Å². The van der Waals surface area contributed by atoms with E-state index in [2.05, 4.69) is 4.90 Å². The molecule has 3 rings (SSSR count). The van der Waals surface area contributed by atoms with Crippen LogP contribution in [0.1, 0.15) is 38.5 Å². The zero-order valence-corrected chi connectivity index (χ0v) is 12.2. The second-order valence-corrected chi connectivity index (χ2v) is 8.36. The number of rotatable bonds is 3. The van der Waals surface area contributed by atoms with Gasteiger partial charge >= 0.3 is 0 Å². The SMILES string of the molecule is O=S(=O)(C1CCCC1)N1C[C@@H](O)[C@H](N2CCCC2)C1. The molecule has 1 N–H and O–H groups in total. The minimum absolute atomic E-state index is 0.0127. The standard InChI is InChI=1S/C13H24N2O3S/c16-13-10-15(9-12(13)14-7-3-4-8-14)19(17,18)11-5-1-2-6-11/h11-13,16H,1-10H2/t12-,13-/m1/s1. The molecule has 0 aromatic rings. The van der Waals surface area contributed by atoms with Crippen molar-refractivity contribution in [2.75, 3.05) is 26.2 Å². The minimum Gasteiger partial charge on any atom is -0.390 e. The Morgan fingerprint density at radius 3 is 2.21 bits per heavy atom. The summed E-state index contributed by atoms with van der Waals surface area (Å²) in [6.45, 7) is 2.78. The van der Waals surface area contributed by atoms with Crippen molar-refractivity contribution in [2.45, 2.75) is 55.9 Å². The van der Waals surface area contributed by atoms with E-state index >= 15 is 0 Å². The number of hydrogen-bond acceptors (Lipinski definition) is 4. The Hall–Kier alpha value is -0.170. The van der Waals surface area contributed by atoms with Crippen LogP contribution in [0.25, 0.3) is 0 Å². The van der Waals surface area contributed by atoms with Crippen LogP contribution in [0, 0.1) is 0 Å². The Morgan fingerprint density at radius 1 is 0.947 bits per heavy atom. The number of aliphatic hydroxyl groups is 1. The topological polar surface area (TPSA) is 60.9 Å². The maximum atomic E-state index is 12.5. The van der Waals surface area contributed by atoms with Crippen LogP contribution in [0.2, 0.25) is 0 Å². The van der Waals surface area contributed by atoms with E-state index in [1.54, 1.807) is 4.31 Å². The first-order chi connectivity index (χ1) is 9.09. The normalized spacial score (nSPS) is 35.4. The molecule has 3 aliphatic rings. The number of β-amino-alcohol motifs (C(OH)–C–C–N with tert-alkyl or cyclic N) is 1. The summed E-state index contributed by atoms with van der Waals surface area (Å²) >= 11 is 0. The van der Waals surface area contributed by atoms with E-state index in [9.17, 15) is 13.5 Å². The summed E-state index contributed by atoms with van der Waals surface area (Å²) in [6, 6.07) is 0.0127. The molecule has 1 saturated carbocycles. The Morgan fingerprint density at radius 2 is 1.58 bits per heavy atom. The van der Waals surface area contributed by atoms with E-state index in [-0.39, 0.29) is 11.3 Å². The van der Waals surface area contributed by atoms with Gasteiger partial charge in [-0.2, -0.15) is 4.31 Å². The predicted octanol–water partition coefficient (Wildman–Crippen LogP) is 0.400. The summed E-state index contributed by atoms with van der Waals surface area (Å²) in [5.41, 5.74) is 0. The van der Waals surface area contributed by atoms with Crippen molar-refractivity contribution in [2.24, 2.45) is 0 Å². The molecule has 2 heterocycles. The quantitative estimate of drug-likeness (QED) is 0.816. The lowest BCUT2D eigenvalue weighted by molar-refractivity contribution is 0.0983. The van der Waals surface area contributed by atoms with Crippen LogP contribution in [0.15, 0.2) is 0 Å². The first-order valence-corrected chi connectivity index (χ1v) is 9.00. The molecule has 2 saturated heterocycles. The van der Waals surface area contributed by atoms with Crippen molar-refractivity contribution in [1.29, 1.82) is 0 Å². The molecule has 0 radical (unpaired) electrons. The molecule has 0 amide bonds. The van der Waals surface area contributed by atoms with Crippen LogP contribution >= 0.6 is 0 Å². The molecule has 1 aliphatic carbocycles. The van der Waals surface area contributed by atoms with Gasteiger partial charge in [-0.3, -0.25) is 4.90 Å². The molecule has 3 fully saturated rings. The van der Waals surface area contributed by atoms with E-state index in [0.29, 0.717) is 13.1 Å². The number of hydrogen-bond donors (Lipinski definition) is 1. The highest BCUT2D eigenvalue weighted by molar-refractivity contribution is 7.89. The molecule has 19 heavy (non-hydrogen) atoms. The van der Waals surface area contributed by atoms with Crippen molar-refractivity contribution in [3.63, 3.8) is 0 Å². The Kier molecular flexibility index (Phi) is 3.86. The van der Waals surface area contributed by atoms with Crippen LogP contribution < -0.4 is 0 Å². The van der Waals surface area contributed by atoms with Crippen molar-refractivity contribution in [1.82, 2.24) is 9.21 Å². The average molecular weight is 288 g/mol. The van der Waals surface area contributed by atoms with E-state index < -0.39 is 16.1 Å². The van der Waals surface area contributed by atoms with Crippen LogP contribution in [-0.4, -0.2) is 66.3 Å². The summed E-state index contributed by atoms with van der Waals surface area (Å²) in [5, 5.41) is 9.98. The summed E-state index contributed by atoms with van der Waals surface area (Å²) in [4.78, 5) is 2.26. The lowest BCUT2D eigenvalue weighted by atomic mass is 10.2. The summed E-state index contributed by atoms with van der Waals surface area (Å²) in [6.07, 6.45) is 5.45. The lowest BCUT2D eigenvalue weighted by Gasteiger charge is -2.25. The van der Waals surface area contributed by atoms with Crippen molar-refractivity contribution in [3.05, 3.63) is 0 Å². The monoisotopic (exact) mass is 288 g/mol. The molecule has 0 bridgehead atoms. The van der Waals surface area contributed by atoms with E-state index in [4.69, 9.17) is 0 Å². The van der Waals surface area contributed by atoms with Gasteiger partial charge in [0.25, 0.3) is 0 Å². The zero-order valence-electron chi connectivity index (χ0n) is 11.4. The highest BCUT2D eigenvalue weighted by Gasteiger charge is 2.44. The van der Waals surface area contributed by atoms with Gasteiger partial charge in [0.1, 0.15) is 0 Å². The Labute approximate surface area is 115 Å². The molecule has 110 valence electrons. The fraction of sp³-hybridized carbons (Fsp3) is 1.00. The molecule has 0 unspecified atom stereocenters. The summed E-state index contributed by atoms with van der Waals surface area (Å²) in [7, 11) is -3.19. The number of aliphatic hydroxyl groups excluding tert-OH is 1. The van der Waals surface area contributed by atoms with Gasteiger partial charge in [0.2, 0.25) is 10.0 Å². The smallest absolute Gasteiger partial charge is 0.217 e. The lowest BCUT2D eigenvalue weighted by Crippen LogP contribution is -2.42. The van der Waals surface area contributed by atoms with E-state index in [0.717, 1.165) is 38.8 Å². The van der Waals surface area contributed by atoms with E-state index in [1.807, 2.05) is 0 Å². The average Bonchev–Trinajstić information content (AvgIpc) is 3.10. The van der Waals surface area contributed by atoms with Crippen LogP contribution in [0.3, 0.4) is 0 Å². The van der Waals surface area contributed by atoms with Crippen molar-refractivity contribution >= 4 is 10.0 Å². The van der Waals surface area contributed by atoms with Crippen LogP contribution in [-0.2, 0) is 10.0 Å². The van der Waals surface area contributed by atoms with Gasteiger partial charge in [-0.25, -0.2) is 8.42 Å². The van der Waals surface area contributed by atoms with Gasteiger partial charge in [0, 0.05) is 13.1 Å². The third-order valence-electron chi connectivity index (χ3n) is 4.92. The molecule has 2 aliphatic heterocycles. The molecular formula is C13H24N2O3S. The van der Waals surface area contributed by atoms with Gasteiger partial charge in [0.15, 0.2) is 0 Å². The van der Waals surface area contributed by atoms with Crippen LogP contribution in [0.4, 0.5) is 0 Å². The third-order valence-corrected chi connectivity index (χ3v) is 7.25. The zero-order chi connectivity index (χ0) is 13.5. The fourth-order valence-electron chi connectivity index (χ4n) is 3.77. The maximum Gasteiger partial charge on any atom is 0.217 e. The largest absolute Gasteiger partial charge is 0.390 e. The van der Waals surface area contributed by atoms with Gasteiger partial charge in [-0.15, -0.1) is 0 Å². The van der Waals surface area contributed by atoms with Crippen LogP contribution in [0.5, 0.6) is 0 Å². The maximum absolute atomic E-state index is 12.5. The van der Waals surface area contributed by atoms with E-state index in [1.165, 1.54) is 12.8 Å². The van der Waals surface area contributed by atoms with Gasteiger partial charge in [-0.1, -0.05) is 12.8 Å². The number of nitrogens with zero attached hydrogens (tertiary/aromatic N) is 2. The Bertz CT molecular complexity index is 414. The third kappa shape index (κ3) is 2.55. The van der Waals surface area contributed by atoms with Gasteiger partial charge < -0.3 is 5.11 Å².